The van der Waals surface area contributed by atoms with Crippen molar-refractivity contribution in [2.24, 2.45) is 4.99 Å². The fourth-order valence-electron chi connectivity index (χ4n) is 4.57. The van der Waals surface area contributed by atoms with Crippen molar-refractivity contribution in [1.29, 1.82) is 0 Å². The first-order valence-corrected chi connectivity index (χ1v) is 14.4. The van der Waals surface area contributed by atoms with Crippen LogP contribution in [0.4, 0.5) is 0 Å². The van der Waals surface area contributed by atoms with Crippen molar-refractivity contribution < 1.29 is 0 Å². The summed E-state index contributed by atoms with van der Waals surface area (Å²) >= 11 is 7.49. The highest BCUT2D eigenvalue weighted by Gasteiger charge is 2.33. The molecule has 0 radical (unpaired) electrons. The van der Waals surface area contributed by atoms with Crippen LogP contribution in [0.25, 0.3) is 10.5 Å². The molecule has 1 unspecified atom stereocenters. The highest BCUT2D eigenvalue weighted by atomic mass is 32.2. The molecular weight excluding hydrogens is 479 g/mol. The maximum atomic E-state index is 5.45. The lowest BCUT2D eigenvalue weighted by Gasteiger charge is -2.28. The predicted molar refractivity (Wildman–Crippen MR) is 152 cm³/mol. The second-order valence-electron chi connectivity index (χ2n) is 8.57. The van der Waals surface area contributed by atoms with Gasteiger partial charge >= 0.3 is 0 Å². The molecule has 3 aromatic heterocycles. The quantitative estimate of drug-likeness (QED) is 0.269. The molecule has 1 aromatic carbocycles. The summed E-state index contributed by atoms with van der Waals surface area (Å²) in [5, 5.41) is 1.11. The minimum Gasteiger partial charge on any atom is -0.264 e. The van der Waals surface area contributed by atoms with E-state index in [1.54, 1.807) is 0 Å². The van der Waals surface area contributed by atoms with Gasteiger partial charge in [-0.3, -0.25) is 4.99 Å². The lowest BCUT2D eigenvalue weighted by Crippen LogP contribution is -2.12. The molecule has 5 heteroatoms. The van der Waals surface area contributed by atoms with Gasteiger partial charge in [0.25, 0.3) is 0 Å². The molecule has 0 bridgehead atoms. The number of hydrogen-bond acceptors (Lipinski definition) is 5. The fourth-order valence-corrected chi connectivity index (χ4v) is 8.72. The minimum atomic E-state index is -0.00582. The normalized spacial score (nSPS) is 16.4. The summed E-state index contributed by atoms with van der Waals surface area (Å²) in [4.78, 5) is 15.0. The van der Waals surface area contributed by atoms with Gasteiger partial charge in [-0.2, -0.15) is 0 Å². The van der Waals surface area contributed by atoms with E-state index in [-0.39, 0.29) is 6.04 Å². The van der Waals surface area contributed by atoms with Crippen molar-refractivity contribution in [3.8, 4) is 0 Å². The zero-order valence-corrected chi connectivity index (χ0v) is 23.0. The maximum absolute atomic E-state index is 5.45. The Morgan fingerprint density at radius 2 is 1.24 bits per heavy atom. The maximum Gasteiger partial charge on any atom is 0.104 e. The summed E-state index contributed by atoms with van der Waals surface area (Å²) < 4.78 is 0. The van der Waals surface area contributed by atoms with Gasteiger partial charge in [-0.25, -0.2) is 0 Å². The summed E-state index contributed by atoms with van der Waals surface area (Å²) in [6.07, 6.45) is 0. The summed E-state index contributed by atoms with van der Waals surface area (Å²) in [7, 11) is 0. The van der Waals surface area contributed by atoms with Crippen LogP contribution in [-0.2, 0) is 0 Å². The number of rotatable bonds is 4. The van der Waals surface area contributed by atoms with E-state index in [1.807, 2.05) is 45.8 Å². The number of benzene rings is 1. The van der Waals surface area contributed by atoms with Gasteiger partial charge in [0.1, 0.15) is 11.1 Å². The molecule has 1 aliphatic heterocycles. The Bertz CT molecular complexity index is 1400. The lowest BCUT2D eigenvalue weighted by molar-refractivity contribution is 0.934. The highest BCUT2D eigenvalue weighted by Crippen LogP contribution is 2.53. The van der Waals surface area contributed by atoms with E-state index < -0.39 is 0 Å². The molecule has 33 heavy (non-hydrogen) atoms. The van der Waals surface area contributed by atoms with Crippen molar-refractivity contribution >= 4 is 61.3 Å². The zero-order chi connectivity index (χ0) is 23.3. The predicted octanol–water partition coefficient (Wildman–Crippen LogP) is 9.52. The second-order valence-corrected chi connectivity index (χ2v) is 14.0. The molecule has 5 rings (SSSR count). The number of thioether (sulfide) groups is 1. The number of nitrogens with zero attached hydrogens (tertiary/aromatic N) is 1. The van der Waals surface area contributed by atoms with E-state index in [2.05, 4.69) is 90.1 Å². The average Bonchev–Trinajstić information content (AvgIpc) is 3.42. The lowest BCUT2D eigenvalue weighted by atomic mass is 9.91. The van der Waals surface area contributed by atoms with Crippen molar-refractivity contribution in [2.45, 2.75) is 47.6 Å². The number of aliphatic imine (C=N–C) groups is 1. The Labute approximate surface area is 212 Å². The summed E-state index contributed by atoms with van der Waals surface area (Å²) in [5.41, 5.74) is 6.61. The molecule has 168 valence electrons. The van der Waals surface area contributed by atoms with Crippen LogP contribution < -0.4 is 0 Å². The highest BCUT2D eigenvalue weighted by molar-refractivity contribution is 8.22. The Balaban J connectivity index is 1.83. The van der Waals surface area contributed by atoms with Gasteiger partial charge in [-0.15, -0.1) is 34.0 Å². The van der Waals surface area contributed by atoms with Gasteiger partial charge in [0, 0.05) is 50.9 Å². The molecular formula is C28H27NS4. The van der Waals surface area contributed by atoms with E-state index in [9.17, 15) is 0 Å². The fraction of sp³-hybridized carbons (Fsp3) is 0.250. The third-order valence-corrected chi connectivity index (χ3v) is 10.1. The molecule has 0 amide bonds. The van der Waals surface area contributed by atoms with Crippen LogP contribution in [0.1, 0.15) is 57.6 Å². The number of thiophene rings is 3. The monoisotopic (exact) mass is 505 g/mol. The smallest absolute Gasteiger partial charge is 0.104 e. The third-order valence-electron chi connectivity index (χ3n) is 5.97. The van der Waals surface area contributed by atoms with Crippen LogP contribution in [0.3, 0.4) is 0 Å². The average molecular weight is 506 g/mol. The zero-order valence-electron chi connectivity index (χ0n) is 19.8. The van der Waals surface area contributed by atoms with Crippen molar-refractivity contribution in [3.63, 3.8) is 0 Å². The van der Waals surface area contributed by atoms with Crippen molar-refractivity contribution in [1.82, 2.24) is 0 Å². The number of aryl methyl sites for hydroxylation is 6. The van der Waals surface area contributed by atoms with Crippen LogP contribution in [0.2, 0.25) is 0 Å². The van der Waals surface area contributed by atoms with Gasteiger partial charge in [-0.1, -0.05) is 42.1 Å². The van der Waals surface area contributed by atoms with E-state index in [0.717, 1.165) is 5.04 Å². The first-order chi connectivity index (χ1) is 15.8. The van der Waals surface area contributed by atoms with Crippen molar-refractivity contribution in [3.05, 3.63) is 100 Å². The summed E-state index contributed by atoms with van der Waals surface area (Å²) in [6, 6.07) is 17.7. The molecule has 4 heterocycles. The molecule has 0 spiro atoms. The second kappa shape index (κ2) is 9.03. The van der Waals surface area contributed by atoms with E-state index >= 15 is 0 Å². The summed E-state index contributed by atoms with van der Waals surface area (Å²) in [6.45, 7) is 13.4. The molecule has 0 saturated carbocycles. The first kappa shape index (κ1) is 22.9. The van der Waals surface area contributed by atoms with Gasteiger partial charge in [0.15, 0.2) is 0 Å². The molecule has 0 fully saturated rings. The summed E-state index contributed by atoms with van der Waals surface area (Å²) in [5.74, 6) is 0. The van der Waals surface area contributed by atoms with Crippen LogP contribution in [0.15, 0.2) is 53.5 Å². The number of hydrogen-bond donors (Lipinski definition) is 0. The topological polar surface area (TPSA) is 12.4 Å². The van der Waals surface area contributed by atoms with Gasteiger partial charge in [-0.05, 0) is 70.9 Å². The first-order valence-electron chi connectivity index (χ1n) is 11.1. The van der Waals surface area contributed by atoms with Gasteiger partial charge in [0.05, 0.1) is 0 Å². The Kier molecular flexibility index (Phi) is 6.25. The van der Waals surface area contributed by atoms with E-state index in [0.29, 0.717) is 0 Å². The third kappa shape index (κ3) is 4.32. The Morgan fingerprint density at radius 3 is 1.79 bits per heavy atom. The van der Waals surface area contributed by atoms with Gasteiger partial charge in [0.2, 0.25) is 0 Å². The van der Waals surface area contributed by atoms with Crippen LogP contribution in [0, 0.1) is 41.5 Å². The molecule has 0 saturated heterocycles. The van der Waals surface area contributed by atoms with Gasteiger partial charge < -0.3 is 0 Å². The largest absolute Gasteiger partial charge is 0.264 e. The minimum absolute atomic E-state index is 0.00582. The molecule has 1 aliphatic rings. The molecule has 1 nitrogen and oxygen atoms in total. The molecule has 1 atom stereocenters. The van der Waals surface area contributed by atoms with E-state index in [1.165, 1.54) is 62.0 Å². The Morgan fingerprint density at radius 1 is 0.667 bits per heavy atom. The molecule has 4 aromatic rings. The van der Waals surface area contributed by atoms with Crippen LogP contribution in [-0.4, -0.2) is 5.04 Å². The molecule has 0 aliphatic carbocycles. The Hall–Kier alpha value is -1.92. The SMILES string of the molecule is Cc1cc(C2=C(c3cc(C)sc3C)C(c3cc(C)sc3C)N=C(c3ccccc3)S2)c(C)s1. The standard InChI is InChI=1S/C28H27NS4/c1-15-12-22(18(4)30-15)25-26(23-13-16(2)31-19(23)5)29-28(21-10-8-7-9-11-21)33-27(25)24-14-17(3)32-20(24)6/h7-14,26H,1-6H3. The van der Waals surface area contributed by atoms with Crippen molar-refractivity contribution in [2.75, 3.05) is 0 Å². The molecule has 0 N–H and O–H groups in total. The van der Waals surface area contributed by atoms with Crippen LogP contribution in [0.5, 0.6) is 0 Å². The van der Waals surface area contributed by atoms with Crippen LogP contribution >= 0.6 is 45.8 Å². The van der Waals surface area contributed by atoms with E-state index in [4.69, 9.17) is 4.99 Å².